The standard InChI is InChI=1S/C16H21N3/c1-12(2)8-13-4-3-5-14(9-13)15-10-18-16-11-17-6-7-19(15)16/h3-5,9-10,12,17H,6-8,11H2,1-2H3. The molecule has 1 aromatic carbocycles. The molecule has 0 aliphatic carbocycles. The number of imidazole rings is 1. The fraction of sp³-hybridized carbons (Fsp3) is 0.438. The van der Waals surface area contributed by atoms with Gasteiger partial charge in [0.25, 0.3) is 0 Å². The Morgan fingerprint density at radius 2 is 2.26 bits per heavy atom. The SMILES string of the molecule is CC(C)Cc1cccc(-c2cnc3n2CCNC3)c1. The van der Waals surface area contributed by atoms with Crippen LogP contribution in [0.1, 0.15) is 25.2 Å². The Labute approximate surface area is 114 Å². The van der Waals surface area contributed by atoms with Gasteiger partial charge in [-0.1, -0.05) is 32.0 Å². The molecule has 1 aliphatic rings. The lowest BCUT2D eigenvalue weighted by atomic mass is 10.00. The van der Waals surface area contributed by atoms with E-state index in [4.69, 9.17) is 0 Å². The van der Waals surface area contributed by atoms with Crippen LogP contribution in [0.25, 0.3) is 11.3 Å². The topological polar surface area (TPSA) is 29.9 Å². The Bertz CT molecular complexity index is 569. The third-order valence-electron chi connectivity index (χ3n) is 3.60. The van der Waals surface area contributed by atoms with Crippen LogP contribution in [0.5, 0.6) is 0 Å². The Hall–Kier alpha value is -1.61. The van der Waals surface area contributed by atoms with Crippen LogP contribution in [-0.2, 0) is 19.5 Å². The molecule has 1 N–H and O–H groups in total. The molecule has 0 spiro atoms. The molecule has 3 nitrogen and oxygen atoms in total. The highest BCUT2D eigenvalue weighted by atomic mass is 15.2. The van der Waals surface area contributed by atoms with Crippen molar-refractivity contribution in [2.75, 3.05) is 6.54 Å². The van der Waals surface area contributed by atoms with E-state index in [-0.39, 0.29) is 0 Å². The van der Waals surface area contributed by atoms with Gasteiger partial charge in [-0.3, -0.25) is 0 Å². The summed E-state index contributed by atoms with van der Waals surface area (Å²) in [7, 11) is 0. The van der Waals surface area contributed by atoms with E-state index in [2.05, 4.69) is 53.0 Å². The number of nitrogens with zero attached hydrogens (tertiary/aromatic N) is 2. The van der Waals surface area contributed by atoms with E-state index < -0.39 is 0 Å². The summed E-state index contributed by atoms with van der Waals surface area (Å²) < 4.78 is 2.34. The van der Waals surface area contributed by atoms with Crippen molar-refractivity contribution in [3.8, 4) is 11.3 Å². The van der Waals surface area contributed by atoms with Gasteiger partial charge >= 0.3 is 0 Å². The highest BCUT2D eigenvalue weighted by Crippen LogP contribution is 2.24. The van der Waals surface area contributed by atoms with Crippen LogP contribution < -0.4 is 5.32 Å². The lowest BCUT2D eigenvalue weighted by Crippen LogP contribution is -2.28. The summed E-state index contributed by atoms with van der Waals surface area (Å²) in [6, 6.07) is 8.88. The molecule has 0 saturated carbocycles. The molecule has 3 heteroatoms. The summed E-state index contributed by atoms with van der Waals surface area (Å²) in [6.07, 6.45) is 3.15. The maximum Gasteiger partial charge on any atom is 0.123 e. The van der Waals surface area contributed by atoms with Crippen LogP contribution in [0.15, 0.2) is 30.5 Å². The smallest absolute Gasteiger partial charge is 0.123 e. The summed E-state index contributed by atoms with van der Waals surface area (Å²) >= 11 is 0. The largest absolute Gasteiger partial charge is 0.326 e. The minimum atomic E-state index is 0.693. The first-order chi connectivity index (χ1) is 9.24. The minimum absolute atomic E-state index is 0.693. The van der Waals surface area contributed by atoms with Crippen molar-refractivity contribution in [3.63, 3.8) is 0 Å². The predicted octanol–water partition coefficient (Wildman–Crippen LogP) is 2.85. The van der Waals surface area contributed by atoms with Gasteiger partial charge in [0.2, 0.25) is 0 Å². The van der Waals surface area contributed by atoms with Crippen molar-refractivity contribution in [1.29, 1.82) is 0 Å². The molecule has 100 valence electrons. The third-order valence-corrected chi connectivity index (χ3v) is 3.60. The van der Waals surface area contributed by atoms with Crippen LogP contribution in [0, 0.1) is 5.92 Å². The first kappa shape index (κ1) is 12.4. The zero-order valence-corrected chi connectivity index (χ0v) is 11.7. The first-order valence-corrected chi connectivity index (χ1v) is 7.08. The Morgan fingerprint density at radius 1 is 1.37 bits per heavy atom. The van der Waals surface area contributed by atoms with Crippen LogP contribution >= 0.6 is 0 Å². The van der Waals surface area contributed by atoms with E-state index >= 15 is 0 Å². The average molecular weight is 255 g/mol. The number of fused-ring (bicyclic) bond motifs is 1. The predicted molar refractivity (Wildman–Crippen MR) is 77.9 cm³/mol. The van der Waals surface area contributed by atoms with E-state index in [9.17, 15) is 0 Å². The summed E-state index contributed by atoms with van der Waals surface area (Å²) in [5.41, 5.74) is 3.96. The maximum absolute atomic E-state index is 4.52. The molecule has 0 fully saturated rings. The van der Waals surface area contributed by atoms with E-state index in [1.807, 2.05) is 6.20 Å². The van der Waals surface area contributed by atoms with Crippen molar-refractivity contribution in [1.82, 2.24) is 14.9 Å². The molecule has 0 bridgehead atoms. The normalized spacial score (nSPS) is 14.7. The highest BCUT2D eigenvalue weighted by molar-refractivity contribution is 5.60. The fourth-order valence-corrected chi connectivity index (χ4v) is 2.76. The molecular formula is C16H21N3. The molecule has 0 radical (unpaired) electrons. The van der Waals surface area contributed by atoms with Crippen molar-refractivity contribution < 1.29 is 0 Å². The van der Waals surface area contributed by atoms with E-state index in [0.717, 1.165) is 31.9 Å². The van der Waals surface area contributed by atoms with Crippen molar-refractivity contribution in [2.45, 2.75) is 33.4 Å². The van der Waals surface area contributed by atoms with E-state index in [1.54, 1.807) is 0 Å². The minimum Gasteiger partial charge on any atom is -0.326 e. The maximum atomic E-state index is 4.52. The molecule has 1 aliphatic heterocycles. The lowest BCUT2D eigenvalue weighted by Gasteiger charge is -2.18. The van der Waals surface area contributed by atoms with Crippen LogP contribution in [-0.4, -0.2) is 16.1 Å². The highest BCUT2D eigenvalue weighted by Gasteiger charge is 2.14. The molecule has 0 saturated heterocycles. The molecule has 19 heavy (non-hydrogen) atoms. The van der Waals surface area contributed by atoms with Gasteiger partial charge in [0.05, 0.1) is 18.4 Å². The summed E-state index contributed by atoms with van der Waals surface area (Å²) in [6.45, 7) is 7.45. The fourth-order valence-electron chi connectivity index (χ4n) is 2.76. The van der Waals surface area contributed by atoms with E-state index in [1.165, 1.54) is 16.8 Å². The second-order valence-corrected chi connectivity index (χ2v) is 5.69. The Morgan fingerprint density at radius 3 is 3.11 bits per heavy atom. The zero-order chi connectivity index (χ0) is 13.2. The van der Waals surface area contributed by atoms with Gasteiger partial charge in [-0.2, -0.15) is 0 Å². The number of benzene rings is 1. The van der Waals surface area contributed by atoms with E-state index in [0.29, 0.717) is 5.92 Å². The summed E-state index contributed by atoms with van der Waals surface area (Å²) in [4.78, 5) is 4.52. The van der Waals surface area contributed by atoms with Gasteiger partial charge < -0.3 is 9.88 Å². The number of rotatable bonds is 3. The van der Waals surface area contributed by atoms with Crippen molar-refractivity contribution >= 4 is 0 Å². The number of hydrogen-bond acceptors (Lipinski definition) is 2. The van der Waals surface area contributed by atoms with Gasteiger partial charge in [0.15, 0.2) is 0 Å². The Balaban J connectivity index is 1.95. The molecule has 0 amide bonds. The monoisotopic (exact) mass is 255 g/mol. The van der Waals surface area contributed by atoms with Crippen LogP contribution in [0.3, 0.4) is 0 Å². The average Bonchev–Trinajstić information content (AvgIpc) is 2.82. The van der Waals surface area contributed by atoms with Crippen molar-refractivity contribution in [2.24, 2.45) is 5.92 Å². The molecule has 0 atom stereocenters. The summed E-state index contributed by atoms with van der Waals surface area (Å²) in [5, 5.41) is 3.36. The quantitative estimate of drug-likeness (QED) is 0.914. The molecule has 0 unspecified atom stereocenters. The first-order valence-electron chi connectivity index (χ1n) is 7.08. The molecule has 1 aromatic heterocycles. The van der Waals surface area contributed by atoms with Crippen LogP contribution in [0.2, 0.25) is 0 Å². The van der Waals surface area contributed by atoms with Crippen LogP contribution in [0.4, 0.5) is 0 Å². The second-order valence-electron chi connectivity index (χ2n) is 5.69. The zero-order valence-electron chi connectivity index (χ0n) is 11.7. The van der Waals surface area contributed by atoms with Gasteiger partial charge in [0, 0.05) is 18.7 Å². The van der Waals surface area contributed by atoms with Gasteiger partial charge in [0.1, 0.15) is 5.82 Å². The number of nitrogens with one attached hydrogen (secondary N) is 1. The summed E-state index contributed by atoms with van der Waals surface area (Å²) in [5.74, 6) is 1.84. The van der Waals surface area contributed by atoms with Gasteiger partial charge in [-0.15, -0.1) is 0 Å². The number of aromatic nitrogens is 2. The molecule has 3 rings (SSSR count). The molecule has 2 aromatic rings. The van der Waals surface area contributed by atoms with Gasteiger partial charge in [-0.05, 0) is 24.0 Å². The lowest BCUT2D eigenvalue weighted by molar-refractivity contribution is 0.508. The van der Waals surface area contributed by atoms with Gasteiger partial charge in [-0.25, -0.2) is 4.98 Å². The Kier molecular flexibility index (Phi) is 3.38. The number of hydrogen-bond donors (Lipinski definition) is 1. The third kappa shape index (κ3) is 2.56. The molecular weight excluding hydrogens is 234 g/mol. The molecule has 2 heterocycles. The van der Waals surface area contributed by atoms with Crippen molar-refractivity contribution in [3.05, 3.63) is 41.9 Å². The second kappa shape index (κ2) is 5.17.